The highest BCUT2D eigenvalue weighted by molar-refractivity contribution is 4.94. The first-order chi connectivity index (χ1) is 8.52. The molecular formula is C15H30N2O. The van der Waals surface area contributed by atoms with Crippen LogP contribution in [0.2, 0.25) is 0 Å². The van der Waals surface area contributed by atoms with Gasteiger partial charge in [-0.05, 0) is 37.6 Å². The van der Waals surface area contributed by atoms with Crippen molar-refractivity contribution in [3.63, 3.8) is 0 Å². The molecule has 3 nitrogen and oxygen atoms in total. The molecule has 0 amide bonds. The molecule has 1 aliphatic carbocycles. The summed E-state index contributed by atoms with van der Waals surface area (Å²) in [7, 11) is 1.84. The third-order valence-corrected chi connectivity index (χ3v) is 4.94. The molecule has 2 rings (SSSR count). The van der Waals surface area contributed by atoms with Gasteiger partial charge in [-0.3, -0.25) is 4.90 Å². The third kappa shape index (κ3) is 3.46. The van der Waals surface area contributed by atoms with Gasteiger partial charge in [-0.2, -0.15) is 0 Å². The molecule has 1 saturated carbocycles. The number of likely N-dealkylation sites (tertiary alicyclic amines) is 1. The van der Waals surface area contributed by atoms with E-state index in [0.717, 1.165) is 19.0 Å². The lowest BCUT2D eigenvalue weighted by Crippen LogP contribution is -2.56. The van der Waals surface area contributed by atoms with E-state index < -0.39 is 0 Å². The summed E-state index contributed by atoms with van der Waals surface area (Å²) in [5, 5.41) is 0. The first kappa shape index (κ1) is 14.3. The van der Waals surface area contributed by atoms with Gasteiger partial charge in [-0.1, -0.05) is 26.7 Å². The number of piperidine rings is 1. The maximum absolute atomic E-state index is 6.62. The van der Waals surface area contributed by atoms with Crippen LogP contribution in [0.3, 0.4) is 0 Å². The third-order valence-electron chi connectivity index (χ3n) is 4.94. The minimum absolute atomic E-state index is 0.0521. The van der Waals surface area contributed by atoms with Crippen molar-refractivity contribution in [1.82, 2.24) is 4.90 Å². The summed E-state index contributed by atoms with van der Waals surface area (Å²) >= 11 is 0. The summed E-state index contributed by atoms with van der Waals surface area (Å²) in [4.78, 5) is 2.53. The van der Waals surface area contributed by atoms with Gasteiger partial charge in [0.25, 0.3) is 0 Å². The minimum atomic E-state index is 0.0521. The van der Waals surface area contributed by atoms with Crippen molar-refractivity contribution in [2.75, 3.05) is 26.7 Å². The second-order valence-electron chi connectivity index (χ2n) is 6.84. The van der Waals surface area contributed by atoms with Gasteiger partial charge in [-0.15, -0.1) is 0 Å². The van der Waals surface area contributed by atoms with E-state index in [1.165, 1.54) is 38.6 Å². The van der Waals surface area contributed by atoms with Gasteiger partial charge in [0.15, 0.2) is 0 Å². The van der Waals surface area contributed by atoms with E-state index in [2.05, 4.69) is 18.7 Å². The molecule has 2 N–H and O–H groups in total. The quantitative estimate of drug-likeness (QED) is 0.839. The van der Waals surface area contributed by atoms with E-state index in [0.29, 0.717) is 12.0 Å². The number of hydrogen-bond donors (Lipinski definition) is 1. The van der Waals surface area contributed by atoms with Crippen LogP contribution in [0.15, 0.2) is 0 Å². The standard InChI is InChI=1S/C15H30N2O/c1-12-5-4-7-15(16,9-12)11-17-8-6-13(2)14(10-17)18-3/h12-14H,4-11,16H2,1-3H3. The Hall–Kier alpha value is -0.120. The van der Waals surface area contributed by atoms with Gasteiger partial charge in [0.2, 0.25) is 0 Å². The normalized spacial score (nSPS) is 43.0. The van der Waals surface area contributed by atoms with Crippen LogP contribution in [0.5, 0.6) is 0 Å². The van der Waals surface area contributed by atoms with Crippen LogP contribution in [0.1, 0.15) is 46.0 Å². The molecule has 0 aromatic rings. The molecule has 1 aliphatic heterocycles. The van der Waals surface area contributed by atoms with Crippen LogP contribution >= 0.6 is 0 Å². The summed E-state index contributed by atoms with van der Waals surface area (Å²) in [6.07, 6.45) is 6.68. The van der Waals surface area contributed by atoms with Gasteiger partial charge in [-0.25, -0.2) is 0 Å². The first-order valence-electron chi connectivity index (χ1n) is 7.56. The Bertz CT molecular complexity index is 271. The molecule has 18 heavy (non-hydrogen) atoms. The fraction of sp³-hybridized carbons (Fsp3) is 1.00. The highest BCUT2D eigenvalue weighted by atomic mass is 16.5. The van der Waals surface area contributed by atoms with Crippen molar-refractivity contribution in [3.8, 4) is 0 Å². The number of ether oxygens (including phenoxy) is 1. The Morgan fingerprint density at radius 2 is 2.11 bits per heavy atom. The van der Waals surface area contributed by atoms with E-state index in [-0.39, 0.29) is 5.54 Å². The van der Waals surface area contributed by atoms with Gasteiger partial charge in [0.1, 0.15) is 0 Å². The van der Waals surface area contributed by atoms with Crippen LogP contribution in [0, 0.1) is 11.8 Å². The van der Waals surface area contributed by atoms with Crippen molar-refractivity contribution in [3.05, 3.63) is 0 Å². The largest absolute Gasteiger partial charge is 0.380 e. The van der Waals surface area contributed by atoms with Gasteiger partial charge in [0, 0.05) is 25.7 Å². The zero-order chi connectivity index (χ0) is 13.2. The Morgan fingerprint density at radius 3 is 2.78 bits per heavy atom. The lowest BCUT2D eigenvalue weighted by atomic mass is 9.76. The van der Waals surface area contributed by atoms with E-state index in [1.807, 2.05) is 7.11 Å². The van der Waals surface area contributed by atoms with Crippen LogP contribution in [-0.4, -0.2) is 43.3 Å². The van der Waals surface area contributed by atoms with Crippen molar-refractivity contribution in [2.45, 2.75) is 57.6 Å². The van der Waals surface area contributed by atoms with E-state index >= 15 is 0 Å². The van der Waals surface area contributed by atoms with Gasteiger partial charge >= 0.3 is 0 Å². The van der Waals surface area contributed by atoms with Crippen LogP contribution < -0.4 is 5.73 Å². The Balaban J connectivity index is 1.88. The highest BCUT2D eigenvalue weighted by Crippen LogP contribution is 2.32. The summed E-state index contributed by atoms with van der Waals surface area (Å²) in [6, 6.07) is 0. The number of nitrogens with zero attached hydrogens (tertiary/aromatic N) is 1. The molecule has 0 aromatic heterocycles. The molecule has 0 radical (unpaired) electrons. The predicted octanol–water partition coefficient (Wildman–Crippen LogP) is 2.25. The zero-order valence-corrected chi connectivity index (χ0v) is 12.3. The summed E-state index contributed by atoms with van der Waals surface area (Å²) in [6.45, 7) is 7.95. The Morgan fingerprint density at radius 1 is 1.33 bits per heavy atom. The van der Waals surface area contributed by atoms with Crippen LogP contribution in [-0.2, 0) is 4.74 Å². The minimum Gasteiger partial charge on any atom is -0.380 e. The maximum Gasteiger partial charge on any atom is 0.0724 e. The Kier molecular flexibility index (Phi) is 4.68. The maximum atomic E-state index is 6.62. The number of hydrogen-bond acceptors (Lipinski definition) is 3. The average Bonchev–Trinajstić information content (AvgIpc) is 2.31. The molecule has 1 heterocycles. The molecule has 0 spiro atoms. The van der Waals surface area contributed by atoms with Crippen molar-refractivity contribution in [1.29, 1.82) is 0 Å². The van der Waals surface area contributed by atoms with E-state index in [4.69, 9.17) is 10.5 Å². The topological polar surface area (TPSA) is 38.5 Å². The molecule has 0 aromatic carbocycles. The van der Waals surface area contributed by atoms with Crippen molar-refractivity contribution < 1.29 is 4.74 Å². The first-order valence-corrected chi connectivity index (χ1v) is 7.56. The Labute approximate surface area is 112 Å². The molecule has 0 bridgehead atoms. The fourth-order valence-electron chi connectivity index (χ4n) is 3.84. The summed E-state index contributed by atoms with van der Waals surface area (Å²) in [5.41, 5.74) is 6.67. The monoisotopic (exact) mass is 254 g/mol. The van der Waals surface area contributed by atoms with Crippen molar-refractivity contribution in [2.24, 2.45) is 17.6 Å². The molecule has 3 heteroatoms. The molecule has 4 atom stereocenters. The predicted molar refractivity (Wildman–Crippen MR) is 75.6 cm³/mol. The molecule has 1 saturated heterocycles. The average molecular weight is 254 g/mol. The summed E-state index contributed by atoms with van der Waals surface area (Å²) in [5.74, 6) is 1.48. The molecular weight excluding hydrogens is 224 g/mol. The number of methoxy groups -OCH3 is 1. The van der Waals surface area contributed by atoms with E-state index in [9.17, 15) is 0 Å². The molecule has 2 fully saturated rings. The lowest BCUT2D eigenvalue weighted by Gasteiger charge is -2.44. The highest BCUT2D eigenvalue weighted by Gasteiger charge is 2.35. The summed E-state index contributed by atoms with van der Waals surface area (Å²) < 4.78 is 5.59. The zero-order valence-electron chi connectivity index (χ0n) is 12.3. The molecule has 106 valence electrons. The fourth-order valence-corrected chi connectivity index (χ4v) is 3.84. The number of rotatable bonds is 3. The van der Waals surface area contributed by atoms with Crippen LogP contribution in [0.25, 0.3) is 0 Å². The lowest BCUT2D eigenvalue weighted by molar-refractivity contribution is -0.0144. The second kappa shape index (κ2) is 5.89. The number of nitrogens with two attached hydrogens (primary N) is 1. The van der Waals surface area contributed by atoms with Gasteiger partial charge < -0.3 is 10.5 Å². The SMILES string of the molecule is COC1CN(CC2(N)CCCC(C)C2)CCC1C. The molecule has 4 unspecified atom stereocenters. The van der Waals surface area contributed by atoms with Crippen molar-refractivity contribution >= 4 is 0 Å². The molecule has 2 aliphatic rings. The smallest absolute Gasteiger partial charge is 0.0724 e. The van der Waals surface area contributed by atoms with E-state index in [1.54, 1.807) is 0 Å². The van der Waals surface area contributed by atoms with Crippen LogP contribution in [0.4, 0.5) is 0 Å². The second-order valence-corrected chi connectivity index (χ2v) is 6.84. The van der Waals surface area contributed by atoms with Gasteiger partial charge in [0.05, 0.1) is 6.10 Å².